The Morgan fingerprint density at radius 3 is 2.00 bits per heavy atom. The van der Waals surface area contributed by atoms with E-state index in [2.05, 4.69) is 41.0 Å². The maximum Gasteiger partial charge on any atom is 0.198 e. The van der Waals surface area contributed by atoms with Gasteiger partial charge in [-0.2, -0.15) is 0 Å². The van der Waals surface area contributed by atoms with E-state index in [9.17, 15) is 9.59 Å². The van der Waals surface area contributed by atoms with E-state index in [-0.39, 0.29) is 11.6 Å². The average Bonchev–Trinajstić information content (AvgIpc) is 3.07. The zero-order chi connectivity index (χ0) is 23.9. The Morgan fingerprint density at radius 1 is 0.824 bits per heavy atom. The Morgan fingerprint density at radius 2 is 1.41 bits per heavy atom. The first-order valence-corrected chi connectivity index (χ1v) is 12.1. The van der Waals surface area contributed by atoms with Gasteiger partial charge in [0.1, 0.15) is 0 Å². The first-order chi connectivity index (χ1) is 16.4. The van der Waals surface area contributed by atoms with Crippen molar-refractivity contribution in [2.24, 2.45) is 0 Å². The lowest BCUT2D eigenvalue weighted by molar-refractivity contribution is 0.0266. The smallest absolute Gasteiger partial charge is 0.198 e. The van der Waals surface area contributed by atoms with Crippen molar-refractivity contribution in [3.63, 3.8) is 0 Å². The Labute approximate surface area is 201 Å². The average molecular weight is 454 g/mol. The van der Waals surface area contributed by atoms with Crippen LogP contribution < -0.4 is 0 Å². The van der Waals surface area contributed by atoms with Gasteiger partial charge in [-0.05, 0) is 49.1 Å². The van der Waals surface area contributed by atoms with Crippen LogP contribution in [0.1, 0.15) is 55.7 Å². The van der Waals surface area contributed by atoms with Crippen molar-refractivity contribution >= 4 is 11.6 Å². The molecule has 34 heavy (non-hydrogen) atoms. The molecule has 3 aromatic rings. The number of aryl methyl sites for hydroxylation is 3. The Bertz CT molecular complexity index is 1200. The normalized spacial score (nSPS) is 18.3. The molecule has 2 aliphatic rings. The van der Waals surface area contributed by atoms with E-state index < -0.39 is 5.54 Å². The van der Waals surface area contributed by atoms with E-state index in [0.29, 0.717) is 29.9 Å². The summed E-state index contributed by atoms with van der Waals surface area (Å²) in [6.07, 6.45) is 1.01. The molecular formula is C29H31N3O2. The minimum Gasteiger partial charge on any atom is -0.297 e. The van der Waals surface area contributed by atoms with E-state index in [1.807, 2.05) is 38.1 Å². The third-order valence-corrected chi connectivity index (χ3v) is 7.28. The third-order valence-electron chi connectivity index (χ3n) is 7.28. The number of nitrogens with zero attached hydrogens (tertiary/aromatic N) is 3. The summed E-state index contributed by atoms with van der Waals surface area (Å²) in [4.78, 5) is 37.2. The number of benzene rings is 2. The molecule has 2 heterocycles. The standard InChI is InChI=1S/C29H31N3O2/c1-4-22-9-5-6-10-23(22)19-31-13-15-32(16-14-31)29(26-18-20(2)17-21(3)30-26)27(33)24-11-7-8-12-25(24)28(29)34/h5-12,17-18H,4,13-16,19H2,1-3H3. The first kappa shape index (κ1) is 22.6. The van der Waals surface area contributed by atoms with Crippen LogP contribution in [0, 0.1) is 13.8 Å². The highest BCUT2D eigenvalue weighted by Gasteiger charge is 2.59. The molecule has 0 atom stereocenters. The van der Waals surface area contributed by atoms with Gasteiger partial charge in [-0.1, -0.05) is 55.5 Å². The lowest BCUT2D eigenvalue weighted by Gasteiger charge is -2.43. The lowest BCUT2D eigenvalue weighted by atomic mass is 9.85. The molecule has 0 amide bonds. The van der Waals surface area contributed by atoms with Gasteiger partial charge in [0.2, 0.25) is 0 Å². The van der Waals surface area contributed by atoms with Crippen molar-refractivity contribution in [2.75, 3.05) is 26.2 Å². The molecule has 1 aliphatic carbocycles. The molecule has 174 valence electrons. The summed E-state index contributed by atoms with van der Waals surface area (Å²) in [6.45, 7) is 9.84. The number of rotatable bonds is 5. The number of carbonyl (C=O) groups is 2. The van der Waals surface area contributed by atoms with Gasteiger partial charge >= 0.3 is 0 Å². The summed E-state index contributed by atoms with van der Waals surface area (Å²) in [7, 11) is 0. The molecule has 5 nitrogen and oxygen atoms in total. The second-order valence-corrected chi connectivity index (χ2v) is 9.47. The van der Waals surface area contributed by atoms with Gasteiger partial charge < -0.3 is 0 Å². The number of carbonyl (C=O) groups excluding carboxylic acids is 2. The van der Waals surface area contributed by atoms with Crippen molar-refractivity contribution in [1.82, 2.24) is 14.8 Å². The van der Waals surface area contributed by atoms with Crippen LogP contribution in [-0.2, 0) is 18.5 Å². The van der Waals surface area contributed by atoms with Crippen molar-refractivity contribution in [2.45, 2.75) is 39.3 Å². The number of ketones is 2. The minimum atomic E-state index is -1.38. The van der Waals surface area contributed by atoms with Gasteiger partial charge in [-0.3, -0.25) is 24.4 Å². The van der Waals surface area contributed by atoms with E-state index >= 15 is 0 Å². The fourth-order valence-electron chi connectivity index (χ4n) is 5.62. The van der Waals surface area contributed by atoms with Gasteiger partial charge in [-0.25, -0.2) is 0 Å². The Hall–Kier alpha value is -3.15. The van der Waals surface area contributed by atoms with E-state index in [0.717, 1.165) is 37.3 Å². The quantitative estimate of drug-likeness (QED) is 0.538. The predicted molar refractivity (Wildman–Crippen MR) is 133 cm³/mol. The maximum absolute atomic E-state index is 14.0. The molecule has 0 N–H and O–H groups in total. The number of hydrogen-bond donors (Lipinski definition) is 0. The maximum atomic E-state index is 14.0. The fraction of sp³-hybridized carbons (Fsp3) is 0.345. The van der Waals surface area contributed by atoms with Crippen molar-refractivity contribution < 1.29 is 9.59 Å². The molecule has 0 spiro atoms. The molecule has 5 heteroatoms. The van der Waals surface area contributed by atoms with Gasteiger partial charge in [-0.15, -0.1) is 0 Å². The number of piperazine rings is 1. The van der Waals surface area contributed by atoms with E-state index in [4.69, 9.17) is 4.98 Å². The number of pyridine rings is 1. The summed E-state index contributed by atoms with van der Waals surface area (Å²) in [5.41, 5.74) is 4.74. The van der Waals surface area contributed by atoms with Crippen LogP contribution in [-0.4, -0.2) is 52.5 Å². The summed E-state index contributed by atoms with van der Waals surface area (Å²) in [5.74, 6) is -0.286. The lowest BCUT2D eigenvalue weighted by Crippen LogP contribution is -2.60. The van der Waals surface area contributed by atoms with Gasteiger partial charge in [0.05, 0.1) is 5.69 Å². The molecular weight excluding hydrogens is 422 g/mol. The Balaban J connectivity index is 1.49. The molecule has 1 saturated heterocycles. The van der Waals surface area contributed by atoms with Crippen LogP contribution in [0.15, 0.2) is 60.7 Å². The van der Waals surface area contributed by atoms with Crippen LogP contribution in [0.5, 0.6) is 0 Å². The second kappa shape index (κ2) is 8.90. The fourth-order valence-corrected chi connectivity index (χ4v) is 5.62. The number of fused-ring (bicyclic) bond motifs is 1. The molecule has 0 radical (unpaired) electrons. The molecule has 5 rings (SSSR count). The van der Waals surface area contributed by atoms with Gasteiger partial charge in [0.15, 0.2) is 17.1 Å². The largest absolute Gasteiger partial charge is 0.297 e. The van der Waals surface area contributed by atoms with E-state index in [1.165, 1.54) is 11.1 Å². The summed E-state index contributed by atoms with van der Waals surface area (Å²) >= 11 is 0. The summed E-state index contributed by atoms with van der Waals surface area (Å²) in [6, 6.07) is 19.7. The van der Waals surface area contributed by atoms with Gasteiger partial charge in [0.25, 0.3) is 0 Å². The second-order valence-electron chi connectivity index (χ2n) is 9.47. The number of aromatic nitrogens is 1. The summed E-state index contributed by atoms with van der Waals surface area (Å²) in [5, 5.41) is 0. The molecule has 0 unspecified atom stereocenters. The van der Waals surface area contributed by atoms with Crippen LogP contribution >= 0.6 is 0 Å². The zero-order valence-electron chi connectivity index (χ0n) is 20.2. The van der Waals surface area contributed by atoms with Crippen LogP contribution in [0.25, 0.3) is 0 Å². The highest BCUT2D eigenvalue weighted by molar-refractivity contribution is 6.32. The summed E-state index contributed by atoms with van der Waals surface area (Å²) < 4.78 is 0. The van der Waals surface area contributed by atoms with E-state index in [1.54, 1.807) is 12.1 Å². The highest BCUT2D eigenvalue weighted by atomic mass is 16.2. The SMILES string of the molecule is CCc1ccccc1CN1CCN(C2(c3cc(C)cc(C)n3)C(=O)c3ccccc3C2=O)CC1. The van der Waals surface area contributed by atoms with Crippen molar-refractivity contribution in [3.8, 4) is 0 Å². The molecule has 2 aromatic carbocycles. The number of Topliss-reactive ketones (excluding diaryl/α,β-unsaturated/α-hetero) is 2. The molecule has 0 saturated carbocycles. The van der Waals surface area contributed by atoms with Crippen molar-refractivity contribution in [3.05, 3.63) is 99.9 Å². The molecule has 1 aromatic heterocycles. The highest BCUT2D eigenvalue weighted by Crippen LogP contribution is 2.42. The van der Waals surface area contributed by atoms with Crippen LogP contribution in [0.2, 0.25) is 0 Å². The monoisotopic (exact) mass is 453 g/mol. The molecule has 1 aliphatic heterocycles. The molecule has 1 fully saturated rings. The topological polar surface area (TPSA) is 53.5 Å². The zero-order valence-corrected chi connectivity index (χ0v) is 20.2. The van der Waals surface area contributed by atoms with Gasteiger partial charge in [0, 0.05) is 49.5 Å². The van der Waals surface area contributed by atoms with Crippen LogP contribution in [0.4, 0.5) is 0 Å². The predicted octanol–water partition coefficient (Wildman–Crippen LogP) is 4.35. The number of hydrogen-bond acceptors (Lipinski definition) is 5. The Kier molecular flexibility index (Phi) is 5.92. The van der Waals surface area contributed by atoms with Crippen molar-refractivity contribution in [1.29, 1.82) is 0 Å². The minimum absolute atomic E-state index is 0.143. The third kappa shape index (κ3) is 3.60. The first-order valence-electron chi connectivity index (χ1n) is 12.1. The molecule has 0 bridgehead atoms. The van der Waals surface area contributed by atoms with Crippen LogP contribution in [0.3, 0.4) is 0 Å².